The first-order chi connectivity index (χ1) is 40.3. The van der Waals surface area contributed by atoms with E-state index >= 15 is 0 Å². The average Bonchev–Trinajstić information content (AvgIpc) is 1.52. The number of fused-ring (bicyclic) bond motifs is 6. The first kappa shape index (κ1) is 69.7. The summed E-state index contributed by atoms with van der Waals surface area (Å²) in [4.78, 5) is 9.24. The molecule has 1 atom stereocenters. The number of anilines is 1. The number of carboxylic acids is 1. The fourth-order valence-corrected chi connectivity index (χ4v) is 13.8. The maximum atomic E-state index is 12.7. The molecule has 2 aliphatic heterocycles. The van der Waals surface area contributed by atoms with Crippen molar-refractivity contribution < 1.29 is 108 Å². The van der Waals surface area contributed by atoms with Crippen LogP contribution in [0.25, 0.3) is 21.5 Å². The molecule has 1 N–H and O–H groups in total. The number of carbonyl (C=O) groups is 1. The van der Waals surface area contributed by atoms with E-state index in [1.54, 1.807) is 81.4 Å². The Kier molecular flexibility index (Phi) is 24.1. The molecule has 0 aromatic heterocycles. The molecule has 6 rings (SSSR count). The molecule has 30 heteroatoms. The van der Waals surface area contributed by atoms with Gasteiger partial charge in [-0.25, -0.2) is 42.1 Å². The normalized spacial score (nSPS) is 17.2. The summed E-state index contributed by atoms with van der Waals surface area (Å²) in [7, 11) is -24.6. The second kappa shape index (κ2) is 29.7. The zero-order chi connectivity index (χ0) is 63.3. The van der Waals surface area contributed by atoms with Crippen LogP contribution in [0.2, 0.25) is 0 Å². The van der Waals surface area contributed by atoms with Gasteiger partial charge >= 0.3 is 5.97 Å². The molecule has 0 bridgehead atoms. The number of unbranched alkanes of at least 4 members (excludes halogenated alkanes) is 2. The molecule has 4 aromatic rings. The van der Waals surface area contributed by atoms with Gasteiger partial charge in [0.2, 0.25) is 5.69 Å². The van der Waals surface area contributed by atoms with Gasteiger partial charge in [0.1, 0.15) is 47.0 Å². The fourth-order valence-electron chi connectivity index (χ4n) is 10.7. The minimum Gasteiger partial charge on any atom is -0.748 e. The van der Waals surface area contributed by atoms with Crippen LogP contribution in [0.1, 0.15) is 70.4 Å². The molecular formula is C56H68N2O23S5-4. The molecule has 0 amide bonds. The highest BCUT2D eigenvalue weighted by atomic mass is 32.2. The van der Waals surface area contributed by atoms with Crippen LogP contribution >= 0.6 is 0 Å². The molecule has 0 fully saturated rings. The monoisotopic (exact) mass is 1300 g/mol. The predicted molar refractivity (Wildman–Crippen MR) is 309 cm³/mol. The van der Waals surface area contributed by atoms with Gasteiger partial charge in [0.05, 0.1) is 108 Å². The Morgan fingerprint density at radius 2 is 1.06 bits per heavy atom. The number of ether oxygens (including phenoxy) is 6. The van der Waals surface area contributed by atoms with E-state index < -0.39 is 92.7 Å². The van der Waals surface area contributed by atoms with Crippen LogP contribution in [0.3, 0.4) is 0 Å². The third-order valence-electron chi connectivity index (χ3n) is 14.4. The number of benzene rings is 4. The van der Waals surface area contributed by atoms with Gasteiger partial charge in [-0.1, -0.05) is 36.4 Å². The van der Waals surface area contributed by atoms with Gasteiger partial charge in [-0.05, 0) is 111 Å². The van der Waals surface area contributed by atoms with Crippen molar-refractivity contribution in [3.05, 3.63) is 108 Å². The minimum atomic E-state index is -5.42. The molecular weight excluding hydrogens is 1230 g/mol. The Bertz CT molecular complexity index is 3880. The van der Waals surface area contributed by atoms with Gasteiger partial charge in [0.25, 0.3) is 0 Å². The summed E-state index contributed by atoms with van der Waals surface area (Å²) >= 11 is 0. The SMILES string of the molecule is COCCOCCOCCOCCOCCOCCN1/C(=C/C=C/C=C/C=C/C2=[N+](CCCCCC(=O)O)c3ccc4c(S(=O)(=O)[O-])cc(S(=O)(=O)[O-])cc4c3C2(C)C)C(C)(CCCS(=O)(=O)[O-])c2c1ccc1c(S(=O)(=O)[O-])cc(S(=O)(=O)[O-])cc21. The van der Waals surface area contributed by atoms with E-state index in [0.29, 0.717) is 106 Å². The van der Waals surface area contributed by atoms with Crippen molar-refractivity contribution in [3.63, 3.8) is 0 Å². The van der Waals surface area contributed by atoms with E-state index in [-0.39, 0.29) is 85.9 Å². The lowest BCUT2D eigenvalue weighted by atomic mass is 9.75. The van der Waals surface area contributed by atoms with Crippen molar-refractivity contribution in [2.75, 3.05) is 104 Å². The van der Waals surface area contributed by atoms with E-state index in [2.05, 4.69) is 0 Å². The van der Waals surface area contributed by atoms with E-state index in [9.17, 15) is 74.8 Å². The summed E-state index contributed by atoms with van der Waals surface area (Å²) in [6.45, 7) is 8.95. The van der Waals surface area contributed by atoms with Gasteiger partial charge in [-0.2, -0.15) is 4.58 Å². The number of hydrogen-bond acceptors (Lipinski definition) is 23. The number of rotatable bonds is 36. The number of carboxylic acid groups (broad SMARTS) is 1. The van der Waals surface area contributed by atoms with Crippen LogP contribution in [0.4, 0.5) is 11.4 Å². The lowest BCUT2D eigenvalue weighted by molar-refractivity contribution is -0.438. The Balaban J connectivity index is 1.32. The summed E-state index contributed by atoms with van der Waals surface area (Å²) in [6.07, 6.45) is 12.6. The van der Waals surface area contributed by atoms with Crippen LogP contribution in [0.5, 0.6) is 0 Å². The number of aliphatic carboxylic acids is 1. The van der Waals surface area contributed by atoms with Crippen molar-refractivity contribution in [1.82, 2.24) is 0 Å². The second-order valence-electron chi connectivity index (χ2n) is 20.7. The molecule has 0 saturated carbocycles. The fraction of sp³-hybridized carbons (Fsp3) is 0.464. The summed E-state index contributed by atoms with van der Waals surface area (Å²) in [5.74, 6) is -1.78. The van der Waals surface area contributed by atoms with Gasteiger partial charge in [0, 0.05) is 72.1 Å². The van der Waals surface area contributed by atoms with Crippen LogP contribution in [-0.4, -0.2) is 185 Å². The van der Waals surface area contributed by atoms with Crippen LogP contribution in [0.15, 0.2) is 116 Å². The Hall–Kier alpha value is -5.39. The molecule has 4 aromatic carbocycles. The minimum absolute atomic E-state index is 0.0296. The number of nitrogens with zero attached hydrogens (tertiary/aromatic N) is 2. The Morgan fingerprint density at radius 3 is 1.56 bits per heavy atom. The number of allylic oxidation sites excluding steroid dienone is 8. The highest BCUT2D eigenvalue weighted by molar-refractivity contribution is 7.87. The highest BCUT2D eigenvalue weighted by Crippen LogP contribution is 2.54. The molecule has 474 valence electrons. The van der Waals surface area contributed by atoms with E-state index in [4.69, 9.17) is 28.4 Å². The van der Waals surface area contributed by atoms with E-state index in [1.807, 2.05) is 4.58 Å². The quantitative estimate of drug-likeness (QED) is 0.0270. The van der Waals surface area contributed by atoms with Crippen LogP contribution in [0, 0.1) is 0 Å². The first-order valence-electron chi connectivity index (χ1n) is 27.1. The summed E-state index contributed by atoms with van der Waals surface area (Å²) in [5.41, 5.74) is 0.137. The molecule has 2 heterocycles. The van der Waals surface area contributed by atoms with Gasteiger partial charge < -0.3 is 61.2 Å². The molecule has 86 heavy (non-hydrogen) atoms. The van der Waals surface area contributed by atoms with E-state index in [0.717, 1.165) is 12.1 Å². The third kappa shape index (κ3) is 18.1. The maximum absolute atomic E-state index is 12.7. The summed E-state index contributed by atoms with van der Waals surface area (Å²) < 4.78 is 221. The van der Waals surface area contributed by atoms with Gasteiger partial charge in [-0.3, -0.25) is 4.79 Å². The molecule has 0 spiro atoms. The van der Waals surface area contributed by atoms with Crippen LogP contribution < -0.4 is 4.90 Å². The zero-order valence-electron chi connectivity index (χ0n) is 47.7. The van der Waals surface area contributed by atoms with Gasteiger partial charge in [-0.15, -0.1) is 0 Å². The average molecular weight is 1300 g/mol. The lowest BCUT2D eigenvalue weighted by Crippen LogP contribution is -2.31. The molecule has 25 nitrogen and oxygen atoms in total. The molecule has 0 aliphatic carbocycles. The van der Waals surface area contributed by atoms with Crippen LogP contribution in [-0.2, 0) is 94.6 Å². The highest BCUT2D eigenvalue weighted by Gasteiger charge is 2.47. The summed E-state index contributed by atoms with van der Waals surface area (Å²) in [5, 5.41) is 8.84. The maximum Gasteiger partial charge on any atom is 0.303 e. The van der Waals surface area contributed by atoms with Crippen molar-refractivity contribution in [2.24, 2.45) is 0 Å². The molecule has 1 unspecified atom stereocenters. The van der Waals surface area contributed by atoms with Crippen molar-refractivity contribution in [1.29, 1.82) is 0 Å². The molecule has 0 saturated heterocycles. The predicted octanol–water partition coefficient (Wildman–Crippen LogP) is 5.02. The van der Waals surface area contributed by atoms with E-state index in [1.165, 1.54) is 18.2 Å². The first-order valence-corrected chi connectivity index (χ1v) is 34.3. The molecule has 2 aliphatic rings. The van der Waals surface area contributed by atoms with Crippen molar-refractivity contribution in [2.45, 2.75) is 89.7 Å². The standard InChI is InChI=1S/C56H72N2O23S5/c1-55(2)50(57(22-12-8-11-16-52(59)60)46-19-17-42-44(53(46)55)36-40(83(64,65)66)38-48(42)85(70,71)72)14-9-6-5-7-10-15-51-56(3,21-13-35-82(61,62)63)54-45-37-41(84(67,68)69)39-49(86(73,74)75)43(45)18-20-47(54)58(51)23-24-77-27-28-79-31-32-81-34-33-80-30-29-78-26-25-76-4/h5-7,9-10,14-15,17-20,36-39H,8,11-13,16,21-35H2,1-4H3,(H5-,59,60,61,62,63,64,65,66,67,68,69,70,71,72,73,74,75)/p-4. The topological polar surface area (TPSA) is 385 Å². The zero-order valence-corrected chi connectivity index (χ0v) is 51.7. The Labute approximate surface area is 501 Å². The number of hydrogen-bond donors (Lipinski definition) is 1. The third-order valence-corrected chi connectivity index (χ3v) is 18.6. The Morgan fingerprint density at radius 1 is 0.570 bits per heavy atom. The van der Waals surface area contributed by atoms with Crippen molar-refractivity contribution in [3.8, 4) is 0 Å². The molecule has 0 radical (unpaired) electrons. The largest absolute Gasteiger partial charge is 0.748 e. The lowest BCUT2D eigenvalue weighted by Gasteiger charge is -2.31. The van der Waals surface area contributed by atoms with Gasteiger partial charge in [0.15, 0.2) is 5.71 Å². The second-order valence-corrected chi connectivity index (χ2v) is 27.7. The smallest absolute Gasteiger partial charge is 0.303 e. The summed E-state index contributed by atoms with van der Waals surface area (Å²) in [6, 6.07) is 8.77. The van der Waals surface area contributed by atoms with Crippen molar-refractivity contribution >= 4 is 95.2 Å². The number of methoxy groups -OCH3 is 1.